The molecule has 0 aromatic heterocycles. The maximum Gasteiger partial charge on any atom is 0.0474 e. The molecular weight excluding hydrogens is 208 g/mol. The number of hydrogen-bond acceptors (Lipinski definition) is 2. The van der Waals surface area contributed by atoms with E-state index < -0.39 is 0 Å². The van der Waals surface area contributed by atoms with Gasteiger partial charge in [0.05, 0.1) is 0 Å². The van der Waals surface area contributed by atoms with Gasteiger partial charge in [-0.3, -0.25) is 0 Å². The Bertz CT molecular complexity index is 92.5. The lowest BCUT2D eigenvalue weighted by atomic mass is 10.3. The topological polar surface area (TPSA) is 0 Å². The smallest absolute Gasteiger partial charge is 0.0474 e. The van der Waals surface area contributed by atoms with Crippen LogP contribution in [0.5, 0.6) is 0 Å². The average Bonchev–Trinajstić information content (AvgIpc) is 2.19. The predicted molar refractivity (Wildman–Crippen MR) is 73.4 cm³/mol. The van der Waals surface area contributed by atoms with Crippen LogP contribution in [0.15, 0.2) is 0 Å². The summed E-state index contributed by atoms with van der Waals surface area (Å²) in [5.41, 5.74) is 0. The van der Waals surface area contributed by atoms with E-state index in [4.69, 9.17) is 0 Å². The largest absolute Gasteiger partial charge is 0.148 e. The van der Waals surface area contributed by atoms with E-state index in [9.17, 15) is 0 Å². The van der Waals surface area contributed by atoms with Crippen LogP contribution in [-0.2, 0) is 0 Å². The highest BCUT2D eigenvalue weighted by Crippen LogP contribution is 2.25. The van der Waals surface area contributed by atoms with Gasteiger partial charge >= 0.3 is 0 Å². The summed E-state index contributed by atoms with van der Waals surface area (Å²) in [7, 11) is 0. The molecule has 0 spiro atoms. The molecule has 0 aromatic rings. The van der Waals surface area contributed by atoms with E-state index in [1.54, 1.807) is 0 Å². The van der Waals surface area contributed by atoms with E-state index in [1.165, 1.54) is 50.0 Å². The molecule has 14 heavy (non-hydrogen) atoms. The normalized spacial score (nSPS) is 11.1. The zero-order valence-electron chi connectivity index (χ0n) is 10.1. The van der Waals surface area contributed by atoms with Crippen LogP contribution in [0.4, 0.5) is 0 Å². The van der Waals surface area contributed by atoms with E-state index in [2.05, 4.69) is 44.3 Å². The van der Waals surface area contributed by atoms with Crippen LogP contribution >= 0.6 is 23.5 Å². The quantitative estimate of drug-likeness (QED) is 0.377. The minimum Gasteiger partial charge on any atom is -0.148 e. The molecule has 0 saturated heterocycles. The first-order chi connectivity index (χ1) is 6.81. The Morgan fingerprint density at radius 3 is 1.57 bits per heavy atom. The van der Waals surface area contributed by atoms with E-state index in [1.807, 2.05) is 0 Å². The van der Waals surface area contributed by atoms with Crippen LogP contribution in [0, 0.1) is 0 Å². The van der Waals surface area contributed by atoms with E-state index in [0.29, 0.717) is 0 Å². The van der Waals surface area contributed by atoms with Gasteiger partial charge < -0.3 is 0 Å². The van der Waals surface area contributed by atoms with Crippen molar-refractivity contribution in [2.24, 2.45) is 0 Å². The van der Waals surface area contributed by atoms with Gasteiger partial charge in [0.25, 0.3) is 0 Å². The highest BCUT2D eigenvalue weighted by molar-refractivity contribution is 8.16. The first-order valence-corrected chi connectivity index (χ1v) is 8.14. The Hall–Kier alpha value is 0.700. The maximum atomic E-state index is 2.35. The summed E-state index contributed by atoms with van der Waals surface area (Å²) in [5, 5.41) is 0. The Labute approximate surface area is 99.0 Å². The summed E-state index contributed by atoms with van der Waals surface area (Å²) < 4.78 is 0.809. The van der Waals surface area contributed by atoms with E-state index >= 15 is 0 Å². The van der Waals surface area contributed by atoms with Crippen molar-refractivity contribution < 1.29 is 0 Å². The van der Waals surface area contributed by atoms with Gasteiger partial charge in [0.15, 0.2) is 0 Å². The average molecular weight is 234 g/mol. The highest BCUT2D eigenvalue weighted by Gasteiger charge is 2.01. The fourth-order valence-corrected chi connectivity index (χ4v) is 3.62. The molecule has 86 valence electrons. The zero-order valence-corrected chi connectivity index (χ0v) is 11.7. The number of thioether (sulfide) groups is 2. The third-order valence-corrected chi connectivity index (χ3v) is 5.00. The molecule has 0 bridgehead atoms. The van der Waals surface area contributed by atoms with Gasteiger partial charge in [0.1, 0.15) is 0 Å². The minimum atomic E-state index is 0.809. The Morgan fingerprint density at radius 1 is 0.786 bits per heavy atom. The van der Waals surface area contributed by atoms with Gasteiger partial charge in [0, 0.05) is 4.58 Å². The molecular formula is C12H26S2. The van der Waals surface area contributed by atoms with Gasteiger partial charge in [-0.15, -0.1) is 23.5 Å². The van der Waals surface area contributed by atoms with E-state index in [0.717, 1.165) is 4.58 Å². The second-order valence-corrected chi connectivity index (χ2v) is 6.92. The summed E-state index contributed by atoms with van der Waals surface area (Å²) in [5.74, 6) is 2.71. The lowest BCUT2D eigenvalue weighted by Gasteiger charge is -2.10. The van der Waals surface area contributed by atoms with Crippen molar-refractivity contribution in [3.63, 3.8) is 0 Å². The molecule has 0 unspecified atom stereocenters. The molecule has 0 aliphatic heterocycles. The molecule has 2 heteroatoms. The van der Waals surface area contributed by atoms with Crippen LogP contribution < -0.4 is 0 Å². The van der Waals surface area contributed by atoms with Crippen LogP contribution in [0.25, 0.3) is 0 Å². The molecule has 0 radical (unpaired) electrons. The van der Waals surface area contributed by atoms with Crippen molar-refractivity contribution in [1.29, 1.82) is 0 Å². The van der Waals surface area contributed by atoms with Crippen molar-refractivity contribution in [3.8, 4) is 0 Å². The molecule has 0 saturated carbocycles. The maximum absolute atomic E-state index is 2.35. The van der Waals surface area contributed by atoms with Crippen LogP contribution in [0.2, 0.25) is 0 Å². The van der Waals surface area contributed by atoms with Gasteiger partial charge in [-0.2, -0.15) is 0 Å². The highest BCUT2D eigenvalue weighted by atomic mass is 32.2. The Kier molecular flexibility index (Phi) is 12.4. The fourth-order valence-electron chi connectivity index (χ4n) is 1.25. The molecule has 0 atom stereocenters. The van der Waals surface area contributed by atoms with Gasteiger partial charge in [0.2, 0.25) is 0 Å². The Morgan fingerprint density at radius 2 is 1.21 bits per heavy atom. The number of rotatable bonds is 10. The number of unbranched alkanes of at least 4 members (excludes halogenated alkanes) is 4. The van der Waals surface area contributed by atoms with Crippen molar-refractivity contribution in [2.45, 2.75) is 63.9 Å². The zero-order chi connectivity index (χ0) is 10.6. The van der Waals surface area contributed by atoms with Crippen molar-refractivity contribution in [1.82, 2.24) is 0 Å². The molecule has 0 amide bonds. The SMILES string of the molecule is CCCCCSC(C)SCCCCC. The second-order valence-electron chi connectivity index (χ2n) is 3.72. The summed E-state index contributed by atoms with van der Waals surface area (Å²) in [6, 6.07) is 0. The van der Waals surface area contributed by atoms with Gasteiger partial charge in [-0.25, -0.2) is 0 Å². The van der Waals surface area contributed by atoms with Gasteiger partial charge in [-0.05, 0) is 31.3 Å². The lowest BCUT2D eigenvalue weighted by Crippen LogP contribution is -1.94. The first-order valence-electron chi connectivity index (χ1n) is 6.04. The predicted octanol–water partition coefficient (Wildman–Crippen LogP) is 5.18. The first kappa shape index (κ1) is 14.7. The molecule has 0 rings (SSSR count). The number of hydrogen-bond donors (Lipinski definition) is 0. The second kappa shape index (κ2) is 11.8. The van der Waals surface area contributed by atoms with Crippen LogP contribution in [0.1, 0.15) is 59.3 Å². The molecule has 0 aromatic carbocycles. The molecule has 0 N–H and O–H groups in total. The third kappa shape index (κ3) is 10.8. The van der Waals surface area contributed by atoms with Crippen molar-refractivity contribution in [3.05, 3.63) is 0 Å². The summed E-state index contributed by atoms with van der Waals surface area (Å²) in [4.78, 5) is 0. The molecule has 0 fully saturated rings. The summed E-state index contributed by atoms with van der Waals surface area (Å²) in [6.45, 7) is 6.90. The molecule has 0 heterocycles. The van der Waals surface area contributed by atoms with Crippen LogP contribution in [-0.4, -0.2) is 16.1 Å². The Balaban J connectivity index is 3.07. The van der Waals surface area contributed by atoms with Crippen molar-refractivity contribution >= 4 is 23.5 Å². The minimum absolute atomic E-state index is 0.809. The molecule has 0 aliphatic carbocycles. The summed E-state index contributed by atoms with van der Waals surface area (Å²) >= 11 is 4.27. The van der Waals surface area contributed by atoms with Crippen molar-refractivity contribution in [2.75, 3.05) is 11.5 Å². The monoisotopic (exact) mass is 234 g/mol. The van der Waals surface area contributed by atoms with Crippen LogP contribution in [0.3, 0.4) is 0 Å². The fraction of sp³-hybridized carbons (Fsp3) is 1.00. The lowest BCUT2D eigenvalue weighted by molar-refractivity contribution is 0.777. The summed E-state index contributed by atoms with van der Waals surface area (Å²) in [6.07, 6.45) is 8.31. The van der Waals surface area contributed by atoms with Gasteiger partial charge in [-0.1, -0.05) is 39.5 Å². The molecule has 0 aliphatic rings. The standard InChI is InChI=1S/C12H26S2/c1-4-6-8-10-13-12(3)14-11-9-7-5-2/h12H,4-11H2,1-3H3. The van der Waals surface area contributed by atoms with E-state index in [-0.39, 0.29) is 0 Å². The third-order valence-electron chi connectivity index (χ3n) is 2.20. The molecule has 0 nitrogen and oxygen atoms in total.